The van der Waals surface area contributed by atoms with E-state index < -0.39 is 31.9 Å². The van der Waals surface area contributed by atoms with Crippen molar-refractivity contribution < 1.29 is 64.8 Å². The summed E-state index contributed by atoms with van der Waals surface area (Å²) in [5.74, 6) is -0.108. The van der Waals surface area contributed by atoms with E-state index in [0.717, 1.165) is 6.42 Å². The van der Waals surface area contributed by atoms with Crippen LogP contribution in [-0.4, -0.2) is 59.3 Å². The molecule has 148 valence electrons. The molecule has 0 spiro atoms. The van der Waals surface area contributed by atoms with Crippen LogP contribution in [0.1, 0.15) is 19.8 Å². The second-order valence-corrected chi connectivity index (χ2v) is 4.70. The Morgan fingerprint density at radius 1 is 0.708 bits per heavy atom. The molecule has 0 aliphatic heterocycles. The molecule has 24 heavy (non-hydrogen) atoms. The fraction of sp³-hybridized carbons (Fsp3) is 1.00. The molecule has 0 unspecified atom stereocenters. The summed E-state index contributed by atoms with van der Waals surface area (Å²) in [6.07, 6.45) is 1.33. The molecule has 0 aromatic heterocycles. The second kappa shape index (κ2) is 15.1. The maximum atomic E-state index is 9.95. The van der Waals surface area contributed by atoms with Crippen molar-refractivity contribution in [2.45, 2.75) is 19.8 Å². The summed E-state index contributed by atoms with van der Waals surface area (Å²) < 4.78 is 145. The first-order valence-electron chi connectivity index (χ1n) is 5.13. The molecule has 3 nitrogen and oxygen atoms in total. The van der Waals surface area contributed by atoms with Gasteiger partial charge < -0.3 is 51.8 Å². The molecule has 0 aliphatic rings. The van der Waals surface area contributed by atoms with E-state index in [2.05, 4.69) is 0 Å². The molecule has 0 radical (unpaired) electrons. The molecule has 0 fully saturated rings. The van der Waals surface area contributed by atoms with Crippen LogP contribution >= 0.6 is 0 Å². The Balaban J connectivity index is -0.0000000677. The van der Waals surface area contributed by atoms with Gasteiger partial charge in [0.1, 0.15) is 0 Å². The van der Waals surface area contributed by atoms with Crippen molar-refractivity contribution in [2.24, 2.45) is 0 Å². The average molecular weight is 407 g/mol. The number of halogens is 12. The third-order valence-electron chi connectivity index (χ3n) is 0.756. The zero-order valence-electron chi connectivity index (χ0n) is 11.1. The monoisotopic (exact) mass is 407 g/mol. The number of unbranched alkanes of at least 4 members (excludes halogenated alkanes) is 1. The third-order valence-corrected chi connectivity index (χ3v) is 1.56. The van der Waals surface area contributed by atoms with Crippen LogP contribution in [0.4, 0.5) is 51.8 Å². The van der Waals surface area contributed by atoms with Gasteiger partial charge in [0, 0.05) is 0 Å². The van der Waals surface area contributed by atoms with Crippen LogP contribution in [0.5, 0.6) is 0 Å². The van der Waals surface area contributed by atoms with Crippen LogP contribution in [0.15, 0.2) is 0 Å². The Kier molecular flexibility index (Phi) is 22.1. The minimum atomic E-state index is -6.00. The summed E-state index contributed by atoms with van der Waals surface area (Å²) in [4.78, 5) is 0. The van der Waals surface area contributed by atoms with E-state index in [-0.39, 0.29) is 24.6 Å². The predicted molar refractivity (Wildman–Crippen MR) is 69.0 cm³/mol. The predicted octanol–water partition coefficient (Wildman–Crippen LogP) is 3.93. The quantitative estimate of drug-likeness (QED) is 0.439. The molecule has 0 amide bonds. The van der Waals surface area contributed by atoms with Gasteiger partial charge in [0.05, 0.1) is 5.75 Å². The fourth-order valence-corrected chi connectivity index (χ4v) is 0.980. The molecule has 0 atom stereocenters. The Hall–Kier alpha value is -0.138. The second-order valence-electron chi connectivity index (χ2n) is 3.12. The number of rotatable bonds is 3. The van der Waals surface area contributed by atoms with E-state index in [0.29, 0.717) is 6.42 Å². The Bertz CT molecular complexity index is 321. The number of hydrogen-bond acceptors (Lipinski definition) is 2. The van der Waals surface area contributed by atoms with E-state index in [1.807, 2.05) is 6.92 Å². The summed E-state index contributed by atoms with van der Waals surface area (Å²) in [6, 6.07) is 0. The molecular weight excluding hydrogens is 395 g/mol. The SMILES string of the molecule is CCCCS(=O)(=O)O.F[B-](F)(F)F.F[B-](F)(F)F.F[B-](F)(F)F.[LiH]. The van der Waals surface area contributed by atoms with Crippen LogP contribution in [-0.2, 0) is 10.1 Å². The summed E-state index contributed by atoms with van der Waals surface area (Å²) in [5, 5.41) is 0. The van der Waals surface area contributed by atoms with Gasteiger partial charge in [-0.15, -0.1) is 0 Å². The van der Waals surface area contributed by atoms with E-state index >= 15 is 0 Å². The fourth-order valence-electron chi connectivity index (χ4n) is 0.327. The molecular formula is C4H11B3F12LiO3S-3. The Morgan fingerprint density at radius 2 is 0.875 bits per heavy atom. The van der Waals surface area contributed by atoms with E-state index in [1.165, 1.54) is 0 Å². The van der Waals surface area contributed by atoms with E-state index in [1.54, 1.807) is 0 Å². The first-order valence-corrected chi connectivity index (χ1v) is 6.74. The molecule has 1 N–H and O–H groups in total. The molecule has 0 saturated heterocycles. The summed E-state index contributed by atoms with van der Waals surface area (Å²) in [5.41, 5.74) is 0. The third kappa shape index (κ3) is 402. The van der Waals surface area contributed by atoms with Gasteiger partial charge in [-0.3, -0.25) is 4.55 Å². The van der Waals surface area contributed by atoms with Crippen molar-refractivity contribution in [1.82, 2.24) is 0 Å². The van der Waals surface area contributed by atoms with Crippen molar-refractivity contribution >= 4 is 50.7 Å². The van der Waals surface area contributed by atoms with E-state index in [9.17, 15) is 60.2 Å². The minimum absolute atomic E-state index is 0. The Labute approximate surface area is 141 Å². The van der Waals surface area contributed by atoms with Crippen LogP contribution in [0.3, 0.4) is 0 Å². The van der Waals surface area contributed by atoms with Gasteiger partial charge in [0.25, 0.3) is 10.1 Å². The zero-order valence-corrected chi connectivity index (χ0v) is 11.9. The van der Waals surface area contributed by atoms with Gasteiger partial charge in [0.2, 0.25) is 0 Å². The van der Waals surface area contributed by atoms with Gasteiger partial charge in [0.15, 0.2) is 0 Å². The van der Waals surface area contributed by atoms with Crippen molar-refractivity contribution in [2.75, 3.05) is 5.75 Å². The first kappa shape index (κ1) is 35.1. The summed E-state index contributed by atoms with van der Waals surface area (Å²) in [7, 11) is -21.7. The zero-order chi connectivity index (χ0) is 20.1. The number of hydrogen-bond donors (Lipinski definition) is 1. The molecule has 0 aliphatic carbocycles. The average Bonchev–Trinajstić information content (AvgIpc) is 2.04. The molecule has 0 saturated carbocycles. The molecule has 0 rings (SSSR count). The van der Waals surface area contributed by atoms with Crippen molar-refractivity contribution in [1.29, 1.82) is 0 Å². The van der Waals surface area contributed by atoms with Crippen LogP contribution in [0, 0.1) is 0 Å². The Morgan fingerprint density at radius 3 is 0.917 bits per heavy atom. The molecule has 20 heteroatoms. The summed E-state index contributed by atoms with van der Waals surface area (Å²) in [6.45, 7) is 1.87. The van der Waals surface area contributed by atoms with Gasteiger partial charge >= 0.3 is 40.6 Å². The maximum absolute atomic E-state index is 9.95. The van der Waals surface area contributed by atoms with Crippen LogP contribution in [0.25, 0.3) is 0 Å². The van der Waals surface area contributed by atoms with Crippen molar-refractivity contribution in [3.8, 4) is 0 Å². The van der Waals surface area contributed by atoms with Crippen molar-refractivity contribution in [3.05, 3.63) is 0 Å². The van der Waals surface area contributed by atoms with Crippen molar-refractivity contribution in [3.63, 3.8) is 0 Å². The topological polar surface area (TPSA) is 54.4 Å². The van der Waals surface area contributed by atoms with Gasteiger partial charge in [-0.05, 0) is 6.42 Å². The molecule has 0 heterocycles. The first-order chi connectivity index (χ1) is 9.56. The van der Waals surface area contributed by atoms with Gasteiger partial charge in [-0.1, -0.05) is 13.3 Å². The molecule has 0 bridgehead atoms. The van der Waals surface area contributed by atoms with Gasteiger partial charge in [-0.25, -0.2) is 0 Å². The van der Waals surface area contributed by atoms with Crippen LogP contribution < -0.4 is 0 Å². The van der Waals surface area contributed by atoms with Crippen LogP contribution in [0.2, 0.25) is 0 Å². The van der Waals surface area contributed by atoms with Gasteiger partial charge in [-0.2, -0.15) is 8.42 Å². The summed E-state index contributed by atoms with van der Waals surface area (Å²) >= 11 is 0. The standard InChI is InChI=1S/C4H10O3S.3BF4.Li.H/c1-2-3-4-8(5,6)7;3*2-1(3,4)5;;/h2-4H2,1H3,(H,5,6,7);;;;;/q;3*-1;;. The molecule has 0 aromatic carbocycles. The normalized spacial score (nSPS) is 11.4. The molecule has 0 aromatic rings. The van der Waals surface area contributed by atoms with E-state index in [4.69, 9.17) is 4.55 Å².